The van der Waals surface area contributed by atoms with Gasteiger partial charge in [-0.25, -0.2) is 4.98 Å². The van der Waals surface area contributed by atoms with Crippen molar-refractivity contribution >= 4 is 5.91 Å². The molecule has 68 valence electrons. The van der Waals surface area contributed by atoms with E-state index in [4.69, 9.17) is 6.42 Å². The Kier molecular flexibility index (Phi) is 3.51. The first-order valence-electron chi connectivity index (χ1n) is 3.87. The number of hydrogen-bond acceptors (Lipinski definition) is 3. The highest BCUT2D eigenvalue weighted by atomic mass is 16.1. The van der Waals surface area contributed by atoms with E-state index in [0.29, 0.717) is 25.2 Å². The molecule has 0 saturated carbocycles. The van der Waals surface area contributed by atoms with Gasteiger partial charge in [0.15, 0.2) is 0 Å². The summed E-state index contributed by atoms with van der Waals surface area (Å²) in [6, 6.07) is 0. The topological polar surface area (TPSA) is 70.7 Å². The zero-order valence-corrected chi connectivity index (χ0v) is 7.08. The Hall–Kier alpha value is -1.83. The number of nitrogens with zero attached hydrogens (tertiary/aromatic N) is 2. The van der Waals surface area contributed by atoms with Crippen molar-refractivity contribution in [1.82, 2.24) is 20.5 Å². The van der Waals surface area contributed by atoms with Gasteiger partial charge in [0.1, 0.15) is 12.2 Å². The number of H-pyrrole nitrogens is 1. The maximum atomic E-state index is 11.0. The standard InChI is InChI=1S/C8H10N4O/c1-2-3-4-8(13)9-5-7-10-6-11-12-7/h1,6H,3-5H2,(H,9,13)(H,10,11,12). The van der Waals surface area contributed by atoms with E-state index in [1.807, 2.05) is 0 Å². The van der Waals surface area contributed by atoms with Crippen LogP contribution < -0.4 is 5.32 Å². The van der Waals surface area contributed by atoms with Crippen molar-refractivity contribution in [3.63, 3.8) is 0 Å². The molecule has 2 N–H and O–H groups in total. The van der Waals surface area contributed by atoms with Gasteiger partial charge in [0, 0.05) is 12.8 Å². The maximum Gasteiger partial charge on any atom is 0.221 e. The largest absolute Gasteiger partial charge is 0.349 e. The normalized spacial score (nSPS) is 9.15. The fourth-order valence-electron chi connectivity index (χ4n) is 0.772. The van der Waals surface area contributed by atoms with Crippen molar-refractivity contribution in [2.75, 3.05) is 0 Å². The Balaban J connectivity index is 2.20. The van der Waals surface area contributed by atoms with Crippen LogP contribution in [0.1, 0.15) is 18.7 Å². The monoisotopic (exact) mass is 178 g/mol. The lowest BCUT2D eigenvalue weighted by molar-refractivity contribution is -0.121. The zero-order chi connectivity index (χ0) is 9.52. The third kappa shape index (κ3) is 3.38. The molecule has 0 radical (unpaired) electrons. The van der Waals surface area contributed by atoms with Gasteiger partial charge in [-0.15, -0.1) is 12.3 Å². The summed E-state index contributed by atoms with van der Waals surface area (Å²) < 4.78 is 0. The third-order valence-corrected chi connectivity index (χ3v) is 1.41. The van der Waals surface area contributed by atoms with Crippen LogP contribution in [0, 0.1) is 12.3 Å². The molecular formula is C8H10N4O. The van der Waals surface area contributed by atoms with Gasteiger partial charge < -0.3 is 5.32 Å². The van der Waals surface area contributed by atoms with E-state index < -0.39 is 0 Å². The smallest absolute Gasteiger partial charge is 0.221 e. The Bertz CT molecular complexity index is 298. The van der Waals surface area contributed by atoms with Crippen LogP contribution in [0.5, 0.6) is 0 Å². The highest BCUT2D eigenvalue weighted by Crippen LogP contribution is 1.88. The Morgan fingerprint density at radius 1 is 1.77 bits per heavy atom. The fraction of sp³-hybridized carbons (Fsp3) is 0.375. The predicted octanol–water partition coefficient (Wildman–Crippen LogP) is -0.166. The Morgan fingerprint density at radius 2 is 2.62 bits per heavy atom. The van der Waals surface area contributed by atoms with Gasteiger partial charge >= 0.3 is 0 Å². The molecule has 13 heavy (non-hydrogen) atoms. The van der Waals surface area contributed by atoms with Crippen LogP contribution >= 0.6 is 0 Å². The second-order valence-electron chi connectivity index (χ2n) is 2.41. The van der Waals surface area contributed by atoms with E-state index in [2.05, 4.69) is 26.4 Å². The van der Waals surface area contributed by atoms with E-state index in [-0.39, 0.29) is 5.91 Å². The number of aromatic nitrogens is 3. The van der Waals surface area contributed by atoms with Crippen molar-refractivity contribution in [2.24, 2.45) is 0 Å². The van der Waals surface area contributed by atoms with Gasteiger partial charge in [-0.2, -0.15) is 5.10 Å². The maximum absolute atomic E-state index is 11.0. The average molecular weight is 178 g/mol. The lowest BCUT2D eigenvalue weighted by Gasteiger charge is -1.99. The second-order valence-corrected chi connectivity index (χ2v) is 2.41. The molecule has 1 heterocycles. The first-order chi connectivity index (χ1) is 6.33. The molecule has 0 spiro atoms. The summed E-state index contributed by atoms with van der Waals surface area (Å²) in [6.07, 6.45) is 7.21. The lowest BCUT2D eigenvalue weighted by Crippen LogP contribution is -2.22. The van der Waals surface area contributed by atoms with Crippen LogP contribution in [-0.2, 0) is 11.3 Å². The van der Waals surface area contributed by atoms with E-state index >= 15 is 0 Å². The molecule has 5 nitrogen and oxygen atoms in total. The van der Waals surface area contributed by atoms with Crippen molar-refractivity contribution in [2.45, 2.75) is 19.4 Å². The van der Waals surface area contributed by atoms with E-state index in [1.54, 1.807) is 0 Å². The SMILES string of the molecule is C#CCCC(=O)NCc1ncn[nH]1. The molecule has 0 aliphatic rings. The van der Waals surface area contributed by atoms with Crippen molar-refractivity contribution < 1.29 is 4.79 Å². The lowest BCUT2D eigenvalue weighted by atomic mass is 10.3. The van der Waals surface area contributed by atoms with Gasteiger partial charge in [0.25, 0.3) is 0 Å². The molecule has 0 bridgehead atoms. The quantitative estimate of drug-likeness (QED) is 0.629. The average Bonchev–Trinajstić information content (AvgIpc) is 2.64. The molecule has 0 unspecified atom stereocenters. The molecular weight excluding hydrogens is 168 g/mol. The number of hydrogen-bond donors (Lipinski definition) is 2. The zero-order valence-electron chi connectivity index (χ0n) is 7.08. The van der Waals surface area contributed by atoms with Crippen LogP contribution in [0.15, 0.2) is 6.33 Å². The van der Waals surface area contributed by atoms with E-state index in [0.717, 1.165) is 0 Å². The van der Waals surface area contributed by atoms with Crippen LogP contribution in [0.3, 0.4) is 0 Å². The van der Waals surface area contributed by atoms with Crippen molar-refractivity contribution in [3.8, 4) is 12.3 Å². The fourth-order valence-corrected chi connectivity index (χ4v) is 0.772. The molecule has 1 rings (SSSR count). The van der Waals surface area contributed by atoms with E-state index in [9.17, 15) is 4.79 Å². The van der Waals surface area contributed by atoms with Crippen LogP contribution in [0.25, 0.3) is 0 Å². The molecule has 1 aromatic rings. The molecule has 5 heteroatoms. The number of aromatic amines is 1. The van der Waals surface area contributed by atoms with Gasteiger partial charge in [-0.05, 0) is 0 Å². The van der Waals surface area contributed by atoms with Gasteiger partial charge in [0.2, 0.25) is 5.91 Å². The summed E-state index contributed by atoms with van der Waals surface area (Å²) in [5.74, 6) is 2.95. The molecule has 0 atom stereocenters. The van der Waals surface area contributed by atoms with Crippen LogP contribution in [0.2, 0.25) is 0 Å². The molecule has 0 fully saturated rings. The van der Waals surface area contributed by atoms with Gasteiger partial charge in [-0.1, -0.05) is 0 Å². The van der Waals surface area contributed by atoms with Gasteiger partial charge in [-0.3, -0.25) is 9.89 Å². The molecule has 0 saturated heterocycles. The van der Waals surface area contributed by atoms with Crippen LogP contribution in [0.4, 0.5) is 0 Å². The Labute approximate surface area is 75.9 Å². The molecule has 1 amide bonds. The minimum absolute atomic E-state index is 0.0747. The minimum atomic E-state index is -0.0747. The summed E-state index contributed by atoms with van der Waals surface area (Å²) in [7, 11) is 0. The Morgan fingerprint density at radius 3 is 3.23 bits per heavy atom. The molecule has 0 aliphatic heterocycles. The number of carbonyl (C=O) groups excluding carboxylic acids is 1. The molecule has 1 aromatic heterocycles. The summed E-state index contributed by atoms with van der Waals surface area (Å²) >= 11 is 0. The van der Waals surface area contributed by atoms with Crippen molar-refractivity contribution in [3.05, 3.63) is 12.2 Å². The second kappa shape index (κ2) is 4.93. The molecule has 0 aliphatic carbocycles. The minimum Gasteiger partial charge on any atom is -0.349 e. The first-order valence-corrected chi connectivity index (χ1v) is 3.87. The summed E-state index contributed by atoms with van der Waals surface area (Å²) in [5.41, 5.74) is 0. The first kappa shape index (κ1) is 9.26. The summed E-state index contributed by atoms with van der Waals surface area (Å²) in [4.78, 5) is 14.9. The molecule has 0 aromatic carbocycles. The summed E-state index contributed by atoms with van der Waals surface area (Å²) in [5, 5.41) is 8.93. The number of carbonyl (C=O) groups is 1. The van der Waals surface area contributed by atoms with Crippen molar-refractivity contribution in [1.29, 1.82) is 0 Å². The summed E-state index contributed by atoms with van der Waals surface area (Å²) in [6.45, 7) is 0.364. The van der Waals surface area contributed by atoms with E-state index in [1.165, 1.54) is 6.33 Å². The third-order valence-electron chi connectivity index (χ3n) is 1.41. The predicted molar refractivity (Wildman–Crippen MR) is 46.3 cm³/mol. The van der Waals surface area contributed by atoms with Crippen LogP contribution in [-0.4, -0.2) is 21.1 Å². The highest BCUT2D eigenvalue weighted by Gasteiger charge is 2.00. The highest BCUT2D eigenvalue weighted by molar-refractivity contribution is 5.75. The van der Waals surface area contributed by atoms with Gasteiger partial charge in [0.05, 0.1) is 6.54 Å². The number of rotatable bonds is 4. The number of terminal acetylenes is 1. The number of nitrogens with one attached hydrogen (secondary N) is 2. The number of amides is 1.